The van der Waals surface area contributed by atoms with Gasteiger partial charge in [-0.3, -0.25) is 4.79 Å². The highest BCUT2D eigenvalue weighted by atomic mass is 35.5. The van der Waals surface area contributed by atoms with Crippen molar-refractivity contribution in [1.29, 1.82) is 0 Å². The van der Waals surface area contributed by atoms with Gasteiger partial charge in [0.05, 0.1) is 16.1 Å². The average Bonchev–Trinajstić information content (AvgIpc) is 2.62. The molecule has 0 aliphatic heterocycles. The Hall–Kier alpha value is -1.81. The lowest BCUT2D eigenvalue weighted by Gasteiger charge is -2.05. The SMILES string of the molecule is Cn1ccc2c(Cl)c(C=O)cc(C(=O)O)c21. The van der Waals surface area contributed by atoms with Crippen LogP contribution in [-0.4, -0.2) is 21.9 Å². The van der Waals surface area contributed by atoms with Crippen LogP contribution in [0.5, 0.6) is 0 Å². The van der Waals surface area contributed by atoms with Crippen LogP contribution in [0.3, 0.4) is 0 Å². The number of nitrogens with zero attached hydrogens (tertiary/aromatic N) is 1. The predicted molar refractivity (Wildman–Crippen MR) is 60.3 cm³/mol. The molecule has 0 saturated carbocycles. The van der Waals surface area contributed by atoms with Crippen LogP contribution in [0.15, 0.2) is 18.3 Å². The number of halogens is 1. The lowest BCUT2D eigenvalue weighted by molar-refractivity contribution is 0.0698. The fourth-order valence-electron chi connectivity index (χ4n) is 1.73. The quantitative estimate of drug-likeness (QED) is 0.816. The largest absolute Gasteiger partial charge is 0.478 e. The third kappa shape index (κ3) is 1.39. The van der Waals surface area contributed by atoms with Gasteiger partial charge in [-0.25, -0.2) is 4.79 Å². The van der Waals surface area contributed by atoms with E-state index in [9.17, 15) is 9.59 Å². The number of fused-ring (bicyclic) bond motifs is 1. The second kappa shape index (κ2) is 3.64. The number of carbonyl (C=O) groups excluding carboxylic acids is 1. The molecule has 0 atom stereocenters. The molecule has 0 bridgehead atoms. The molecule has 0 fully saturated rings. The van der Waals surface area contributed by atoms with E-state index in [0.717, 1.165) is 0 Å². The van der Waals surface area contributed by atoms with Gasteiger partial charge in [0.15, 0.2) is 6.29 Å². The average molecular weight is 238 g/mol. The van der Waals surface area contributed by atoms with Gasteiger partial charge in [0.2, 0.25) is 0 Å². The second-order valence-electron chi connectivity index (χ2n) is 3.44. The minimum Gasteiger partial charge on any atom is -0.478 e. The van der Waals surface area contributed by atoms with Crippen LogP contribution in [0.4, 0.5) is 0 Å². The molecule has 1 aromatic heterocycles. The van der Waals surface area contributed by atoms with Crippen molar-refractivity contribution in [2.45, 2.75) is 0 Å². The Kier molecular flexibility index (Phi) is 2.44. The molecule has 0 saturated heterocycles. The fourth-order valence-corrected chi connectivity index (χ4v) is 1.99. The van der Waals surface area contributed by atoms with Crippen molar-refractivity contribution in [3.63, 3.8) is 0 Å². The number of hydrogen-bond acceptors (Lipinski definition) is 2. The van der Waals surface area contributed by atoms with E-state index in [-0.39, 0.29) is 16.1 Å². The number of carboxylic acid groups (broad SMARTS) is 1. The molecule has 2 rings (SSSR count). The molecule has 4 nitrogen and oxygen atoms in total. The number of aromatic nitrogens is 1. The highest BCUT2D eigenvalue weighted by Gasteiger charge is 2.17. The Balaban J connectivity index is 2.98. The molecular formula is C11H8ClNO3. The molecule has 16 heavy (non-hydrogen) atoms. The third-order valence-electron chi connectivity index (χ3n) is 2.47. The van der Waals surface area contributed by atoms with E-state index >= 15 is 0 Å². The molecule has 0 aliphatic rings. The molecule has 0 amide bonds. The van der Waals surface area contributed by atoms with Crippen LogP contribution in [0, 0.1) is 0 Å². The van der Waals surface area contributed by atoms with Gasteiger partial charge < -0.3 is 9.67 Å². The summed E-state index contributed by atoms with van der Waals surface area (Å²) in [5.74, 6) is -1.08. The Morgan fingerprint density at radius 2 is 2.25 bits per heavy atom. The van der Waals surface area contributed by atoms with Gasteiger partial charge >= 0.3 is 5.97 Å². The highest BCUT2D eigenvalue weighted by Crippen LogP contribution is 2.30. The number of carboxylic acids is 1. The van der Waals surface area contributed by atoms with Crippen LogP contribution in [0.25, 0.3) is 10.9 Å². The van der Waals surface area contributed by atoms with Crippen molar-refractivity contribution in [3.05, 3.63) is 34.5 Å². The summed E-state index contributed by atoms with van der Waals surface area (Å²) < 4.78 is 1.67. The van der Waals surface area contributed by atoms with Gasteiger partial charge in [-0.2, -0.15) is 0 Å². The van der Waals surface area contributed by atoms with Gasteiger partial charge in [-0.05, 0) is 12.1 Å². The van der Waals surface area contributed by atoms with Crippen molar-refractivity contribution in [1.82, 2.24) is 4.57 Å². The first kappa shape index (κ1) is 10.7. The summed E-state index contributed by atoms with van der Waals surface area (Å²) in [7, 11) is 1.73. The molecule has 2 aromatic rings. The standard InChI is InChI=1S/C11H8ClNO3/c1-13-3-2-7-9(12)6(5-14)4-8(10(7)13)11(15)16/h2-5H,1H3,(H,15,16). The Labute approximate surface area is 96.0 Å². The maximum absolute atomic E-state index is 11.1. The smallest absolute Gasteiger partial charge is 0.337 e. The number of aryl methyl sites for hydroxylation is 1. The van der Waals surface area contributed by atoms with E-state index < -0.39 is 5.97 Å². The van der Waals surface area contributed by atoms with Crippen molar-refractivity contribution in [2.75, 3.05) is 0 Å². The molecule has 1 N–H and O–H groups in total. The summed E-state index contributed by atoms with van der Waals surface area (Å²) in [6.45, 7) is 0. The molecule has 5 heteroatoms. The third-order valence-corrected chi connectivity index (χ3v) is 2.90. The molecule has 0 aliphatic carbocycles. The summed E-state index contributed by atoms with van der Waals surface area (Å²) in [6, 6.07) is 2.98. The Morgan fingerprint density at radius 1 is 1.56 bits per heavy atom. The molecule has 1 aromatic carbocycles. The van der Waals surface area contributed by atoms with E-state index in [1.165, 1.54) is 6.07 Å². The lowest BCUT2D eigenvalue weighted by Crippen LogP contribution is -2.02. The minimum atomic E-state index is -1.08. The molecule has 82 valence electrons. The molecule has 0 spiro atoms. The maximum Gasteiger partial charge on any atom is 0.337 e. The summed E-state index contributed by atoms with van der Waals surface area (Å²) in [6.07, 6.45) is 2.26. The van der Waals surface area contributed by atoms with Gasteiger partial charge in [-0.1, -0.05) is 11.6 Å². The van der Waals surface area contributed by atoms with E-state index in [2.05, 4.69) is 0 Å². The van der Waals surface area contributed by atoms with Crippen LogP contribution in [-0.2, 0) is 7.05 Å². The van der Waals surface area contributed by atoms with Gasteiger partial charge in [-0.15, -0.1) is 0 Å². The summed E-state index contributed by atoms with van der Waals surface area (Å²) in [5, 5.41) is 9.93. The zero-order valence-corrected chi connectivity index (χ0v) is 9.15. The molecule has 0 unspecified atom stereocenters. The predicted octanol–water partition coefficient (Wildman–Crippen LogP) is 2.34. The summed E-state index contributed by atoms with van der Waals surface area (Å²) in [5.41, 5.74) is 0.787. The first-order valence-corrected chi connectivity index (χ1v) is 4.90. The van der Waals surface area contributed by atoms with Crippen molar-refractivity contribution in [3.8, 4) is 0 Å². The van der Waals surface area contributed by atoms with Crippen LogP contribution < -0.4 is 0 Å². The fraction of sp³-hybridized carbons (Fsp3) is 0.0909. The van der Waals surface area contributed by atoms with Gasteiger partial charge in [0, 0.05) is 24.2 Å². The monoisotopic (exact) mass is 237 g/mol. The minimum absolute atomic E-state index is 0.0778. The van der Waals surface area contributed by atoms with Crippen molar-refractivity contribution in [2.24, 2.45) is 7.05 Å². The van der Waals surface area contributed by atoms with E-state index in [1.807, 2.05) is 0 Å². The number of rotatable bonds is 2. The zero-order chi connectivity index (χ0) is 11.9. The number of aromatic carboxylic acids is 1. The Morgan fingerprint density at radius 3 is 2.81 bits per heavy atom. The lowest BCUT2D eigenvalue weighted by atomic mass is 10.1. The molecular weight excluding hydrogens is 230 g/mol. The van der Waals surface area contributed by atoms with E-state index in [1.54, 1.807) is 23.9 Å². The number of carbonyl (C=O) groups is 2. The van der Waals surface area contributed by atoms with Crippen LogP contribution in [0.1, 0.15) is 20.7 Å². The normalized spacial score (nSPS) is 10.6. The summed E-state index contributed by atoms with van der Waals surface area (Å²) >= 11 is 5.99. The van der Waals surface area contributed by atoms with Gasteiger partial charge in [0.1, 0.15) is 0 Å². The Bertz CT molecular complexity index is 601. The van der Waals surface area contributed by atoms with Crippen LogP contribution in [0.2, 0.25) is 5.02 Å². The highest BCUT2D eigenvalue weighted by molar-refractivity contribution is 6.38. The number of benzene rings is 1. The topological polar surface area (TPSA) is 59.3 Å². The van der Waals surface area contributed by atoms with E-state index in [0.29, 0.717) is 17.2 Å². The van der Waals surface area contributed by atoms with Crippen LogP contribution >= 0.6 is 11.6 Å². The molecule has 0 radical (unpaired) electrons. The first-order chi connectivity index (χ1) is 7.56. The van der Waals surface area contributed by atoms with Crippen molar-refractivity contribution >= 4 is 34.8 Å². The van der Waals surface area contributed by atoms with Gasteiger partial charge in [0.25, 0.3) is 0 Å². The van der Waals surface area contributed by atoms with E-state index in [4.69, 9.17) is 16.7 Å². The maximum atomic E-state index is 11.1. The zero-order valence-electron chi connectivity index (χ0n) is 8.40. The first-order valence-electron chi connectivity index (χ1n) is 4.52. The second-order valence-corrected chi connectivity index (χ2v) is 3.82. The van der Waals surface area contributed by atoms with Crippen molar-refractivity contribution < 1.29 is 14.7 Å². The number of aldehydes is 1. The molecule has 1 heterocycles. The number of hydrogen-bond donors (Lipinski definition) is 1. The summed E-state index contributed by atoms with van der Waals surface area (Å²) in [4.78, 5) is 21.8.